The van der Waals surface area contributed by atoms with E-state index in [-0.39, 0.29) is 0 Å². The topological polar surface area (TPSA) is 55.1 Å². The van der Waals surface area contributed by atoms with Crippen LogP contribution >= 0.6 is 0 Å². The van der Waals surface area contributed by atoms with Crippen molar-refractivity contribution in [2.45, 2.75) is 6.04 Å². The highest BCUT2D eigenvalue weighted by molar-refractivity contribution is 5.76. The summed E-state index contributed by atoms with van der Waals surface area (Å²) in [6.45, 7) is 0. The zero-order valence-corrected chi connectivity index (χ0v) is 8.25. The van der Waals surface area contributed by atoms with Gasteiger partial charge in [-0.3, -0.25) is 0 Å². The third-order valence-corrected chi connectivity index (χ3v) is 2.24. The normalized spacial score (nSPS) is 12.3. The summed E-state index contributed by atoms with van der Waals surface area (Å²) in [6.07, 6.45) is 4.48. The molecule has 0 radical (unpaired) electrons. The summed E-state index contributed by atoms with van der Waals surface area (Å²) in [5.41, 5.74) is 0.506. The summed E-state index contributed by atoms with van der Waals surface area (Å²) in [7, 11) is 0. The van der Waals surface area contributed by atoms with Gasteiger partial charge in [-0.1, -0.05) is 12.1 Å². The highest BCUT2D eigenvalue weighted by Crippen LogP contribution is 2.18. The van der Waals surface area contributed by atoms with Gasteiger partial charge >= 0.3 is 5.97 Å². The highest BCUT2D eigenvalue weighted by Gasteiger charge is 2.20. The predicted octanol–water partition coefficient (Wildman–Crippen LogP) is 1.70. The Morgan fingerprint density at radius 1 is 1.38 bits per heavy atom. The standard InChI is InChI=1S/C11H9FN2O2/c12-9-3-1-8(2-4-9)10(11(15)16)14-6-5-13-7-14/h1-7,10H,(H,15,16). The first-order valence-corrected chi connectivity index (χ1v) is 4.64. The molecule has 16 heavy (non-hydrogen) atoms. The SMILES string of the molecule is O=C(O)C(c1ccc(F)cc1)n1ccnc1. The molecule has 1 N–H and O–H groups in total. The third kappa shape index (κ3) is 1.93. The molecule has 0 aliphatic heterocycles. The largest absolute Gasteiger partial charge is 0.479 e. The van der Waals surface area contributed by atoms with Crippen LogP contribution in [0, 0.1) is 5.82 Å². The van der Waals surface area contributed by atoms with Gasteiger partial charge in [-0.15, -0.1) is 0 Å². The molecule has 2 aromatic rings. The second kappa shape index (κ2) is 4.14. The van der Waals surface area contributed by atoms with Gasteiger partial charge in [0.05, 0.1) is 6.33 Å². The van der Waals surface area contributed by atoms with Crippen LogP contribution in [-0.4, -0.2) is 20.6 Å². The number of carboxylic acids is 1. The molecule has 0 saturated heterocycles. The number of halogens is 1. The summed E-state index contributed by atoms with van der Waals surface area (Å²) in [4.78, 5) is 14.9. The van der Waals surface area contributed by atoms with Crippen molar-refractivity contribution in [3.05, 3.63) is 54.4 Å². The molecule has 0 saturated carbocycles. The number of nitrogens with zero attached hydrogens (tertiary/aromatic N) is 2. The van der Waals surface area contributed by atoms with Gasteiger partial charge in [0, 0.05) is 12.4 Å². The lowest BCUT2D eigenvalue weighted by atomic mass is 10.1. The molecule has 1 heterocycles. The van der Waals surface area contributed by atoms with Crippen LogP contribution in [0.25, 0.3) is 0 Å². The maximum atomic E-state index is 12.7. The van der Waals surface area contributed by atoms with E-state index in [2.05, 4.69) is 4.98 Å². The average Bonchev–Trinajstić information content (AvgIpc) is 2.74. The molecular formula is C11H9FN2O2. The Bertz CT molecular complexity index is 479. The minimum absolute atomic E-state index is 0.390. The van der Waals surface area contributed by atoms with E-state index >= 15 is 0 Å². The molecule has 0 spiro atoms. The highest BCUT2D eigenvalue weighted by atomic mass is 19.1. The Labute approximate surface area is 91.0 Å². The zero-order valence-electron chi connectivity index (χ0n) is 8.25. The number of aliphatic carboxylic acids is 1. The molecule has 0 amide bonds. The van der Waals surface area contributed by atoms with Gasteiger partial charge in [0.25, 0.3) is 0 Å². The van der Waals surface area contributed by atoms with Crippen molar-refractivity contribution in [3.8, 4) is 0 Å². The quantitative estimate of drug-likeness (QED) is 0.856. The maximum Gasteiger partial charge on any atom is 0.331 e. The van der Waals surface area contributed by atoms with Gasteiger partial charge in [0.1, 0.15) is 5.82 Å². The Morgan fingerprint density at radius 2 is 2.06 bits per heavy atom. The van der Waals surface area contributed by atoms with Crippen molar-refractivity contribution in [2.24, 2.45) is 0 Å². The smallest absolute Gasteiger partial charge is 0.331 e. The van der Waals surface area contributed by atoms with E-state index in [1.807, 2.05) is 0 Å². The van der Waals surface area contributed by atoms with Crippen LogP contribution in [0.1, 0.15) is 11.6 Å². The molecule has 1 aromatic heterocycles. The van der Waals surface area contributed by atoms with Crippen LogP contribution in [0.5, 0.6) is 0 Å². The molecule has 2 rings (SSSR count). The minimum Gasteiger partial charge on any atom is -0.479 e. The van der Waals surface area contributed by atoms with Gasteiger partial charge in [-0.05, 0) is 17.7 Å². The van der Waals surface area contributed by atoms with Crippen molar-refractivity contribution >= 4 is 5.97 Å². The van der Waals surface area contributed by atoms with Crippen molar-refractivity contribution < 1.29 is 14.3 Å². The number of aromatic nitrogens is 2. The van der Waals surface area contributed by atoms with Crippen LogP contribution in [0.2, 0.25) is 0 Å². The summed E-state index contributed by atoms with van der Waals surface area (Å²) < 4.78 is 14.2. The monoisotopic (exact) mass is 220 g/mol. The molecule has 0 fully saturated rings. The fourth-order valence-corrected chi connectivity index (χ4v) is 1.51. The van der Waals surface area contributed by atoms with Crippen LogP contribution in [0.4, 0.5) is 4.39 Å². The first kappa shape index (κ1) is 10.4. The number of benzene rings is 1. The van der Waals surface area contributed by atoms with Gasteiger partial charge < -0.3 is 9.67 Å². The van der Waals surface area contributed by atoms with E-state index < -0.39 is 17.8 Å². The minimum atomic E-state index is -1.01. The Hall–Kier alpha value is -2.17. The first-order chi connectivity index (χ1) is 7.68. The van der Waals surface area contributed by atoms with Crippen LogP contribution in [-0.2, 0) is 4.79 Å². The van der Waals surface area contributed by atoms with Gasteiger partial charge in [-0.25, -0.2) is 14.2 Å². The van der Waals surface area contributed by atoms with Crippen molar-refractivity contribution in [2.75, 3.05) is 0 Å². The van der Waals surface area contributed by atoms with E-state index in [0.29, 0.717) is 5.56 Å². The van der Waals surface area contributed by atoms with E-state index in [0.717, 1.165) is 0 Å². The zero-order chi connectivity index (χ0) is 11.5. The van der Waals surface area contributed by atoms with Gasteiger partial charge in [0.15, 0.2) is 6.04 Å². The molecule has 5 heteroatoms. The molecule has 1 aromatic carbocycles. The fourth-order valence-electron chi connectivity index (χ4n) is 1.51. The lowest BCUT2D eigenvalue weighted by Crippen LogP contribution is -2.19. The number of rotatable bonds is 3. The lowest BCUT2D eigenvalue weighted by molar-refractivity contribution is -0.139. The molecule has 82 valence electrons. The molecule has 1 atom stereocenters. The predicted molar refractivity (Wildman–Crippen MR) is 54.4 cm³/mol. The number of imidazole rings is 1. The van der Waals surface area contributed by atoms with Crippen LogP contribution < -0.4 is 0 Å². The number of hydrogen-bond acceptors (Lipinski definition) is 2. The lowest BCUT2D eigenvalue weighted by Gasteiger charge is -2.13. The Morgan fingerprint density at radius 3 is 2.56 bits per heavy atom. The Kier molecular flexibility index (Phi) is 2.68. The summed E-state index contributed by atoms with van der Waals surface area (Å²) in [6, 6.07) is 4.51. The van der Waals surface area contributed by atoms with Crippen molar-refractivity contribution in [3.63, 3.8) is 0 Å². The Balaban J connectivity index is 2.41. The maximum absolute atomic E-state index is 12.7. The molecular weight excluding hydrogens is 211 g/mol. The molecule has 0 bridgehead atoms. The van der Waals surface area contributed by atoms with Crippen molar-refractivity contribution in [1.29, 1.82) is 0 Å². The molecule has 0 aliphatic rings. The summed E-state index contributed by atoms with van der Waals surface area (Å²) in [5, 5.41) is 9.13. The third-order valence-electron chi connectivity index (χ3n) is 2.24. The molecule has 1 unspecified atom stereocenters. The number of carbonyl (C=O) groups is 1. The van der Waals surface area contributed by atoms with E-state index in [9.17, 15) is 9.18 Å². The number of carboxylic acid groups (broad SMARTS) is 1. The van der Waals surface area contributed by atoms with E-state index in [1.54, 1.807) is 6.20 Å². The van der Waals surface area contributed by atoms with Gasteiger partial charge in [-0.2, -0.15) is 0 Å². The number of hydrogen-bond donors (Lipinski definition) is 1. The second-order valence-corrected chi connectivity index (χ2v) is 3.30. The first-order valence-electron chi connectivity index (χ1n) is 4.64. The van der Waals surface area contributed by atoms with Crippen LogP contribution in [0.15, 0.2) is 43.0 Å². The van der Waals surface area contributed by atoms with Gasteiger partial charge in [0.2, 0.25) is 0 Å². The van der Waals surface area contributed by atoms with E-state index in [4.69, 9.17) is 5.11 Å². The summed E-state index contributed by atoms with van der Waals surface area (Å²) in [5.74, 6) is -1.40. The molecule has 4 nitrogen and oxygen atoms in total. The van der Waals surface area contributed by atoms with Crippen molar-refractivity contribution in [1.82, 2.24) is 9.55 Å². The summed E-state index contributed by atoms with van der Waals surface area (Å²) >= 11 is 0. The molecule has 0 aliphatic carbocycles. The van der Waals surface area contributed by atoms with E-state index in [1.165, 1.54) is 41.4 Å². The van der Waals surface area contributed by atoms with Crippen LogP contribution in [0.3, 0.4) is 0 Å². The fraction of sp³-hybridized carbons (Fsp3) is 0.0909. The second-order valence-electron chi connectivity index (χ2n) is 3.30. The average molecular weight is 220 g/mol.